The minimum atomic E-state index is -0.782. The van der Waals surface area contributed by atoms with Gasteiger partial charge in [0, 0.05) is 36.5 Å². The molecule has 0 saturated heterocycles. The number of carbonyl (C=O) groups excluding carboxylic acids is 1. The van der Waals surface area contributed by atoms with Crippen molar-refractivity contribution in [1.82, 2.24) is 0 Å². The molecule has 3 unspecified atom stereocenters. The molecule has 0 aromatic heterocycles. The summed E-state index contributed by atoms with van der Waals surface area (Å²) in [5, 5.41) is 36.4. The number of non-ortho nitro benzene ring substituents is 1. The Hall–Kier alpha value is -3.37. The molecule has 40 heavy (non-hydrogen) atoms. The molecule has 0 spiro atoms. The summed E-state index contributed by atoms with van der Waals surface area (Å²) in [5.74, 6) is 0.438. The quantitative estimate of drug-likeness (QED) is 0.184. The zero-order valence-electron chi connectivity index (χ0n) is 23.5. The second-order valence-electron chi connectivity index (χ2n) is 12.6. The van der Waals surface area contributed by atoms with E-state index in [-0.39, 0.29) is 46.9 Å². The second kappa shape index (κ2) is 11.6. The van der Waals surface area contributed by atoms with Gasteiger partial charge in [-0.3, -0.25) is 35.2 Å². The number of ketones is 1. The van der Waals surface area contributed by atoms with Crippen LogP contribution in [0.5, 0.6) is 0 Å². The number of rotatable bonds is 10. The topological polar surface area (TPSA) is 165 Å². The Morgan fingerprint density at radius 3 is 2.55 bits per heavy atom. The van der Waals surface area contributed by atoms with Gasteiger partial charge in [-0.1, -0.05) is 27.2 Å². The second-order valence-corrected chi connectivity index (χ2v) is 12.6. The smallest absolute Gasteiger partial charge is 0.303 e. The number of nitrogens with zero attached hydrogens (tertiary/aromatic N) is 3. The van der Waals surface area contributed by atoms with Crippen molar-refractivity contribution < 1.29 is 24.5 Å². The van der Waals surface area contributed by atoms with Gasteiger partial charge in [0.1, 0.15) is 11.5 Å². The monoisotopic (exact) mass is 556 g/mol. The van der Waals surface area contributed by atoms with Gasteiger partial charge in [0.15, 0.2) is 0 Å². The standard InChI is InChI=1S/C29H40N4O7/c1-18(7-12-27(35)36)21-9-10-22-20(17-30-31-24-11-8-19(32(37)38)16-25(24)33(39)40)23(13-15-28(21,22)2)29(3)14-5-4-6-26(29)34/h8,11,16-18,20-23,31H,4-7,9-10,12-15H2,1-3H3,(H,35,36)/b30-17+/t18-,20?,21-,22?,23?,28-,29-/m1/s1. The summed E-state index contributed by atoms with van der Waals surface area (Å²) in [6.07, 6.45) is 9.73. The Morgan fingerprint density at radius 2 is 1.90 bits per heavy atom. The molecule has 7 atom stereocenters. The summed E-state index contributed by atoms with van der Waals surface area (Å²) >= 11 is 0. The van der Waals surface area contributed by atoms with E-state index in [0.717, 1.165) is 51.0 Å². The lowest BCUT2D eigenvalue weighted by Crippen LogP contribution is -2.51. The molecule has 0 amide bonds. The van der Waals surface area contributed by atoms with E-state index in [1.165, 1.54) is 12.1 Å². The maximum absolute atomic E-state index is 13.3. The number of hydrogen-bond acceptors (Lipinski definition) is 8. The first kappa shape index (κ1) is 29.6. The molecule has 11 heteroatoms. The summed E-state index contributed by atoms with van der Waals surface area (Å²) < 4.78 is 0. The molecule has 1 aromatic rings. The Kier molecular flexibility index (Phi) is 8.60. The lowest BCUT2D eigenvalue weighted by Gasteiger charge is -2.53. The third-order valence-corrected chi connectivity index (χ3v) is 10.5. The number of nitrogens with one attached hydrogen (secondary N) is 1. The lowest BCUT2D eigenvalue weighted by molar-refractivity contribution is -0.393. The van der Waals surface area contributed by atoms with Crippen molar-refractivity contribution in [2.75, 3.05) is 5.43 Å². The Balaban J connectivity index is 1.64. The van der Waals surface area contributed by atoms with Gasteiger partial charge in [0.25, 0.3) is 5.69 Å². The average molecular weight is 557 g/mol. The van der Waals surface area contributed by atoms with E-state index in [2.05, 4.69) is 31.3 Å². The highest BCUT2D eigenvalue weighted by atomic mass is 16.6. The van der Waals surface area contributed by atoms with Gasteiger partial charge in [-0.15, -0.1) is 0 Å². The van der Waals surface area contributed by atoms with Crippen molar-refractivity contribution in [1.29, 1.82) is 0 Å². The molecule has 0 radical (unpaired) electrons. The summed E-state index contributed by atoms with van der Waals surface area (Å²) in [4.78, 5) is 45.9. The van der Waals surface area contributed by atoms with Gasteiger partial charge in [0.05, 0.1) is 15.9 Å². The van der Waals surface area contributed by atoms with Crippen LogP contribution in [0.15, 0.2) is 23.3 Å². The number of anilines is 1. The third-order valence-electron chi connectivity index (χ3n) is 10.5. The minimum Gasteiger partial charge on any atom is -0.481 e. The lowest BCUT2D eigenvalue weighted by atomic mass is 9.50. The maximum atomic E-state index is 13.3. The number of benzene rings is 1. The van der Waals surface area contributed by atoms with Crippen LogP contribution in [-0.4, -0.2) is 32.9 Å². The zero-order valence-corrected chi connectivity index (χ0v) is 23.5. The molecular formula is C29H40N4O7. The number of Topliss-reactive ketones (excluding diaryl/α,β-unsaturated/α-hetero) is 1. The number of nitro benzene ring substituents is 2. The fourth-order valence-electron chi connectivity index (χ4n) is 8.34. The highest BCUT2D eigenvalue weighted by molar-refractivity contribution is 5.86. The van der Waals surface area contributed by atoms with E-state index >= 15 is 0 Å². The fourth-order valence-corrected chi connectivity index (χ4v) is 8.34. The normalized spacial score (nSPS) is 32.9. The molecule has 4 rings (SSSR count). The molecule has 11 nitrogen and oxygen atoms in total. The molecule has 0 heterocycles. The number of hydrazone groups is 1. The van der Waals surface area contributed by atoms with E-state index in [9.17, 15) is 34.9 Å². The van der Waals surface area contributed by atoms with Gasteiger partial charge in [-0.2, -0.15) is 5.10 Å². The Labute approximate surface area is 234 Å². The number of carboxylic acids is 1. The van der Waals surface area contributed by atoms with Gasteiger partial charge >= 0.3 is 11.7 Å². The Bertz CT molecular complexity index is 1200. The van der Waals surface area contributed by atoms with E-state index in [1.807, 2.05) is 6.21 Å². The number of carboxylic acid groups (broad SMARTS) is 1. The number of aliphatic carboxylic acids is 1. The predicted octanol–water partition coefficient (Wildman–Crippen LogP) is 6.61. The zero-order chi connectivity index (χ0) is 29.2. The highest BCUT2D eigenvalue weighted by Crippen LogP contribution is 2.63. The van der Waals surface area contributed by atoms with Crippen LogP contribution in [0.4, 0.5) is 17.1 Å². The van der Waals surface area contributed by atoms with Crippen molar-refractivity contribution >= 4 is 35.0 Å². The van der Waals surface area contributed by atoms with Gasteiger partial charge < -0.3 is 5.11 Å². The Morgan fingerprint density at radius 1 is 1.15 bits per heavy atom. The van der Waals surface area contributed by atoms with Crippen molar-refractivity contribution in [2.24, 2.45) is 45.5 Å². The number of carbonyl (C=O) groups is 2. The number of hydrogen-bond donors (Lipinski definition) is 2. The first-order valence-electron chi connectivity index (χ1n) is 14.4. The van der Waals surface area contributed by atoms with Crippen LogP contribution in [0.1, 0.15) is 85.0 Å². The van der Waals surface area contributed by atoms with E-state index in [0.29, 0.717) is 24.5 Å². The van der Waals surface area contributed by atoms with Crippen molar-refractivity contribution in [3.63, 3.8) is 0 Å². The molecular weight excluding hydrogens is 516 g/mol. The summed E-state index contributed by atoms with van der Waals surface area (Å²) in [6.45, 7) is 6.56. The van der Waals surface area contributed by atoms with Crippen LogP contribution < -0.4 is 5.43 Å². The number of nitro groups is 2. The first-order chi connectivity index (χ1) is 18.9. The molecule has 1 aromatic carbocycles. The largest absolute Gasteiger partial charge is 0.481 e. The fraction of sp³-hybridized carbons (Fsp3) is 0.690. The van der Waals surface area contributed by atoms with Gasteiger partial charge in [-0.25, -0.2) is 0 Å². The van der Waals surface area contributed by atoms with E-state index in [1.54, 1.807) is 0 Å². The molecule has 3 fully saturated rings. The molecule has 3 aliphatic rings. The molecule has 0 bridgehead atoms. The predicted molar refractivity (Wildman–Crippen MR) is 150 cm³/mol. The summed E-state index contributed by atoms with van der Waals surface area (Å²) in [7, 11) is 0. The molecule has 3 aliphatic carbocycles. The summed E-state index contributed by atoms with van der Waals surface area (Å²) in [5.41, 5.74) is 1.54. The molecule has 0 aliphatic heterocycles. The first-order valence-corrected chi connectivity index (χ1v) is 14.4. The number of fused-ring (bicyclic) bond motifs is 1. The minimum absolute atomic E-state index is 0.0292. The van der Waals surface area contributed by atoms with Crippen LogP contribution in [0, 0.1) is 60.6 Å². The maximum Gasteiger partial charge on any atom is 0.303 e. The van der Waals surface area contributed by atoms with Crippen molar-refractivity contribution in [3.8, 4) is 0 Å². The van der Waals surface area contributed by atoms with Crippen LogP contribution in [0.25, 0.3) is 0 Å². The van der Waals surface area contributed by atoms with Crippen LogP contribution in [0.2, 0.25) is 0 Å². The average Bonchev–Trinajstić information content (AvgIpc) is 3.26. The van der Waals surface area contributed by atoms with E-state index in [4.69, 9.17) is 0 Å². The highest BCUT2D eigenvalue weighted by Gasteiger charge is 2.58. The van der Waals surface area contributed by atoms with Crippen LogP contribution >= 0.6 is 0 Å². The van der Waals surface area contributed by atoms with Crippen LogP contribution in [0.3, 0.4) is 0 Å². The molecule has 3 saturated carbocycles. The van der Waals surface area contributed by atoms with Crippen molar-refractivity contribution in [2.45, 2.75) is 85.0 Å². The van der Waals surface area contributed by atoms with Crippen molar-refractivity contribution in [3.05, 3.63) is 38.4 Å². The third kappa shape index (κ3) is 5.60. The molecule has 2 N–H and O–H groups in total. The van der Waals surface area contributed by atoms with Crippen LogP contribution in [-0.2, 0) is 9.59 Å². The molecule has 218 valence electrons. The summed E-state index contributed by atoms with van der Waals surface area (Å²) in [6, 6.07) is 3.41. The van der Waals surface area contributed by atoms with Gasteiger partial charge in [-0.05, 0) is 80.1 Å². The van der Waals surface area contributed by atoms with E-state index < -0.39 is 26.9 Å². The SMILES string of the molecule is C[C@H](CCC(=O)O)[C@H]1CCC2C(/C=N/Nc3ccc([N+](=O)[O-])cc3[N+](=O)[O-])C([C@@]3(C)CCCCC3=O)CC[C@@]21C. The van der Waals surface area contributed by atoms with Gasteiger partial charge in [0.2, 0.25) is 0 Å².